The highest BCUT2D eigenvalue weighted by molar-refractivity contribution is 5.93. The SMILES string of the molecule is COc1ccc(CNc2ccc(C)c3ncccc23)cn1. The molecule has 0 atom stereocenters. The van der Waals surface area contributed by atoms with Crippen LogP contribution in [0.15, 0.2) is 48.8 Å². The maximum Gasteiger partial charge on any atom is 0.212 e. The standard InChI is InChI=1S/C17H17N3O/c1-12-5-7-15(14-4-3-9-18-17(12)14)19-10-13-6-8-16(21-2)20-11-13/h3-9,11,19H,10H2,1-2H3. The lowest BCUT2D eigenvalue weighted by Crippen LogP contribution is -2.01. The number of ether oxygens (including phenoxy) is 1. The van der Waals surface area contributed by atoms with Crippen LogP contribution >= 0.6 is 0 Å². The van der Waals surface area contributed by atoms with Gasteiger partial charge in [-0.25, -0.2) is 4.98 Å². The van der Waals surface area contributed by atoms with E-state index < -0.39 is 0 Å². The summed E-state index contributed by atoms with van der Waals surface area (Å²) in [6, 6.07) is 12.1. The van der Waals surface area contributed by atoms with Crippen molar-refractivity contribution in [2.45, 2.75) is 13.5 Å². The fraction of sp³-hybridized carbons (Fsp3) is 0.176. The number of hydrogen-bond acceptors (Lipinski definition) is 4. The molecule has 106 valence electrons. The van der Waals surface area contributed by atoms with Gasteiger partial charge < -0.3 is 10.1 Å². The van der Waals surface area contributed by atoms with Gasteiger partial charge in [0.25, 0.3) is 0 Å². The summed E-state index contributed by atoms with van der Waals surface area (Å²) in [5.74, 6) is 0.628. The molecular weight excluding hydrogens is 262 g/mol. The van der Waals surface area contributed by atoms with E-state index >= 15 is 0 Å². The number of pyridine rings is 2. The molecule has 0 fully saturated rings. The van der Waals surface area contributed by atoms with Crippen molar-refractivity contribution in [3.8, 4) is 5.88 Å². The first-order valence-electron chi connectivity index (χ1n) is 6.85. The molecule has 0 spiro atoms. The molecule has 4 heteroatoms. The molecule has 3 rings (SSSR count). The molecule has 4 nitrogen and oxygen atoms in total. The highest BCUT2D eigenvalue weighted by Crippen LogP contribution is 2.25. The fourth-order valence-corrected chi connectivity index (χ4v) is 2.30. The Morgan fingerprint density at radius 1 is 1.10 bits per heavy atom. The number of benzene rings is 1. The summed E-state index contributed by atoms with van der Waals surface area (Å²) in [6.07, 6.45) is 3.65. The van der Waals surface area contributed by atoms with Gasteiger partial charge >= 0.3 is 0 Å². The zero-order chi connectivity index (χ0) is 14.7. The van der Waals surface area contributed by atoms with Gasteiger partial charge in [0.2, 0.25) is 5.88 Å². The third-order valence-corrected chi connectivity index (χ3v) is 3.46. The summed E-state index contributed by atoms with van der Waals surface area (Å²) in [6.45, 7) is 2.79. The summed E-state index contributed by atoms with van der Waals surface area (Å²) >= 11 is 0. The predicted molar refractivity (Wildman–Crippen MR) is 84.6 cm³/mol. The Bertz CT molecular complexity index is 754. The molecule has 0 aliphatic rings. The minimum Gasteiger partial charge on any atom is -0.481 e. The van der Waals surface area contributed by atoms with E-state index in [1.165, 1.54) is 5.56 Å². The van der Waals surface area contributed by atoms with Crippen LogP contribution in [0.5, 0.6) is 5.88 Å². The van der Waals surface area contributed by atoms with E-state index in [4.69, 9.17) is 4.74 Å². The lowest BCUT2D eigenvalue weighted by Gasteiger charge is -2.11. The molecule has 0 radical (unpaired) electrons. The van der Waals surface area contributed by atoms with E-state index in [0.29, 0.717) is 12.4 Å². The van der Waals surface area contributed by atoms with Crippen LogP contribution in [0.1, 0.15) is 11.1 Å². The van der Waals surface area contributed by atoms with Crippen LogP contribution in [0.25, 0.3) is 10.9 Å². The largest absolute Gasteiger partial charge is 0.481 e. The van der Waals surface area contributed by atoms with Gasteiger partial charge in [0.15, 0.2) is 0 Å². The zero-order valence-corrected chi connectivity index (χ0v) is 12.1. The molecule has 0 aliphatic heterocycles. The first-order valence-corrected chi connectivity index (χ1v) is 6.85. The molecule has 0 unspecified atom stereocenters. The number of methoxy groups -OCH3 is 1. The van der Waals surface area contributed by atoms with Gasteiger partial charge in [0.05, 0.1) is 12.6 Å². The minimum absolute atomic E-state index is 0.628. The van der Waals surface area contributed by atoms with E-state index in [1.54, 1.807) is 7.11 Å². The average molecular weight is 279 g/mol. The molecule has 0 saturated carbocycles. The van der Waals surface area contributed by atoms with Crippen molar-refractivity contribution in [3.05, 3.63) is 59.9 Å². The van der Waals surface area contributed by atoms with Crippen molar-refractivity contribution in [2.24, 2.45) is 0 Å². The Morgan fingerprint density at radius 2 is 2.00 bits per heavy atom. The Morgan fingerprint density at radius 3 is 2.76 bits per heavy atom. The third-order valence-electron chi connectivity index (χ3n) is 3.46. The van der Waals surface area contributed by atoms with E-state index in [0.717, 1.165) is 22.2 Å². The second-order valence-corrected chi connectivity index (χ2v) is 4.89. The van der Waals surface area contributed by atoms with Gasteiger partial charge in [-0.3, -0.25) is 4.98 Å². The monoisotopic (exact) mass is 279 g/mol. The molecule has 0 bridgehead atoms. The van der Waals surface area contributed by atoms with Crippen LogP contribution in [0.4, 0.5) is 5.69 Å². The lowest BCUT2D eigenvalue weighted by atomic mass is 10.1. The Labute approximate surface area is 123 Å². The zero-order valence-electron chi connectivity index (χ0n) is 12.1. The molecule has 0 aliphatic carbocycles. The second-order valence-electron chi connectivity index (χ2n) is 4.89. The number of hydrogen-bond donors (Lipinski definition) is 1. The van der Waals surface area contributed by atoms with Crippen molar-refractivity contribution in [3.63, 3.8) is 0 Å². The number of nitrogens with one attached hydrogen (secondary N) is 1. The molecule has 0 saturated heterocycles. The number of aromatic nitrogens is 2. The Kier molecular flexibility index (Phi) is 3.69. The van der Waals surface area contributed by atoms with E-state index in [-0.39, 0.29) is 0 Å². The highest BCUT2D eigenvalue weighted by Gasteiger charge is 2.04. The Hall–Kier alpha value is -2.62. The molecule has 21 heavy (non-hydrogen) atoms. The van der Waals surface area contributed by atoms with Gasteiger partial charge in [0, 0.05) is 36.1 Å². The smallest absolute Gasteiger partial charge is 0.212 e. The van der Waals surface area contributed by atoms with E-state index in [2.05, 4.69) is 40.4 Å². The summed E-state index contributed by atoms with van der Waals surface area (Å²) in [5.41, 5.74) is 4.41. The summed E-state index contributed by atoms with van der Waals surface area (Å²) in [5, 5.41) is 4.59. The molecule has 2 heterocycles. The molecule has 1 N–H and O–H groups in total. The van der Waals surface area contributed by atoms with Crippen LogP contribution in [-0.4, -0.2) is 17.1 Å². The predicted octanol–water partition coefficient (Wildman–Crippen LogP) is 3.56. The fourth-order valence-electron chi connectivity index (χ4n) is 2.30. The summed E-state index contributed by atoms with van der Waals surface area (Å²) in [4.78, 5) is 8.66. The van der Waals surface area contributed by atoms with Crippen LogP contribution in [-0.2, 0) is 6.54 Å². The molecule has 1 aromatic carbocycles. The van der Waals surface area contributed by atoms with Crippen molar-refractivity contribution in [1.29, 1.82) is 0 Å². The molecule has 2 aromatic heterocycles. The lowest BCUT2D eigenvalue weighted by molar-refractivity contribution is 0.397. The number of anilines is 1. The van der Waals surface area contributed by atoms with Gasteiger partial charge in [-0.15, -0.1) is 0 Å². The van der Waals surface area contributed by atoms with Gasteiger partial charge in [-0.05, 0) is 36.2 Å². The molecule has 3 aromatic rings. The van der Waals surface area contributed by atoms with E-state index in [9.17, 15) is 0 Å². The number of aryl methyl sites for hydroxylation is 1. The van der Waals surface area contributed by atoms with Gasteiger partial charge in [-0.1, -0.05) is 12.1 Å². The van der Waals surface area contributed by atoms with Crippen LogP contribution in [0.2, 0.25) is 0 Å². The van der Waals surface area contributed by atoms with Crippen LogP contribution in [0, 0.1) is 6.92 Å². The summed E-state index contributed by atoms with van der Waals surface area (Å²) in [7, 11) is 1.62. The molecular formula is C17H17N3O. The van der Waals surface area contributed by atoms with Crippen LogP contribution in [0.3, 0.4) is 0 Å². The second kappa shape index (κ2) is 5.79. The number of rotatable bonds is 4. The maximum atomic E-state index is 5.06. The first kappa shape index (κ1) is 13.4. The number of fused-ring (bicyclic) bond motifs is 1. The van der Waals surface area contributed by atoms with Gasteiger partial charge in [-0.2, -0.15) is 0 Å². The maximum absolute atomic E-state index is 5.06. The topological polar surface area (TPSA) is 47.0 Å². The van der Waals surface area contributed by atoms with Crippen molar-refractivity contribution in [2.75, 3.05) is 12.4 Å². The van der Waals surface area contributed by atoms with Crippen LogP contribution < -0.4 is 10.1 Å². The van der Waals surface area contributed by atoms with Crippen molar-refractivity contribution >= 4 is 16.6 Å². The molecule has 0 amide bonds. The third kappa shape index (κ3) is 2.79. The number of nitrogens with zero attached hydrogens (tertiary/aromatic N) is 2. The highest BCUT2D eigenvalue weighted by atomic mass is 16.5. The van der Waals surface area contributed by atoms with E-state index in [1.807, 2.05) is 30.6 Å². The van der Waals surface area contributed by atoms with Gasteiger partial charge in [0.1, 0.15) is 0 Å². The Balaban J connectivity index is 1.83. The quantitative estimate of drug-likeness (QED) is 0.793. The summed E-state index contributed by atoms with van der Waals surface area (Å²) < 4.78 is 5.06. The first-order chi connectivity index (χ1) is 10.3. The van der Waals surface area contributed by atoms with Crippen molar-refractivity contribution in [1.82, 2.24) is 9.97 Å². The minimum atomic E-state index is 0.628. The van der Waals surface area contributed by atoms with Crippen molar-refractivity contribution < 1.29 is 4.74 Å². The average Bonchev–Trinajstić information content (AvgIpc) is 2.55. The normalized spacial score (nSPS) is 10.6.